The van der Waals surface area contributed by atoms with E-state index in [1.165, 1.54) is 9.21 Å². The zero-order valence-corrected chi connectivity index (χ0v) is 15.4. The van der Waals surface area contributed by atoms with E-state index in [4.69, 9.17) is 0 Å². The largest absolute Gasteiger partial charge is 0.411 e. The van der Waals surface area contributed by atoms with Crippen LogP contribution in [0.2, 0.25) is 0 Å². The van der Waals surface area contributed by atoms with Crippen LogP contribution in [0.15, 0.2) is 23.1 Å². The van der Waals surface area contributed by atoms with Gasteiger partial charge in [0.2, 0.25) is 15.9 Å². The van der Waals surface area contributed by atoms with Gasteiger partial charge in [-0.25, -0.2) is 8.42 Å². The van der Waals surface area contributed by atoms with Crippen LogP contribution < -0.4 is 0 Å². The van der Waals surface area contributed by atoms with Gasteiger partial charge in [0, 0.05) is 26.2 Å². The number of rotatable bonds is 5. The first kappa shape index (κ1) is 20.7. The number of hydrogen-bond donors (Lipinski definition) is 0. The van der Waals surface area contributed by atoms with E-state index in [-0.39, 0.29) is 31.1 Å². The summed E-state index contributed by atoms with van der Waals surface area (Å²) in [4.78, 5) is 13.4. The van der Waals surface area contributed by atoms with E-state index in [9.17, 15) is 26.4 Å². The third-order valence-electron chi connectivity index (χ3n) is 4.04. The molecule has 6 nitrogen and oxygen atoms in total. The second-order valence-corrected chi connectivity index (χ2v) is 8.07. The summed E-state index contributed by atoms with van der Waals surface area (Å²) in [6.07, 6.45) is -4.49. The Morgan fingerprint density at radius 1 is 1.15 bits per heavy atom. The summed E-state index contributed by atoms with van der Waals surface area (Å²) in [6.45, 7) is 1.74. The fourth-order valence-electron chi connectivity index (χ4n) is 2.65. The van der Waals surface area contributed by atoms with Gasteiger partial charge in [-0.3, -0.25) is 4.79 Å². The molecular weight excluding hydrogens is 373 g/mol. The zero-order chi connectivity index (χ0) is 19.5. The van der Waals surface area contributed by atoms with Crippen molar-refractivity contribution in [1.29, 1.82) is 0 Å². The first-order chi connectivity index (χ1) is 12.0. The molecule has 10 heteroatoms. The number of piperazine rings is 1. The van der Waals surface area contributed by atoms with Crippen molar-refractivity contribution in [1.82, 2.24) is 9.21 Å². The zero-order valence-electron chi connectivity index (χ0n) is 14.5. The third-order valence-corrected chi connectivity index (χ3v) is 6.08. The number of ether oxygens (including phenoxy) is 1. The number of carbonyl (C=O) groups is 1. The van der Waals surface area contributed by atoms with Crippen LogP contribution in [0, 0.1) is 13.8 Å². The number of alkyl halides is 3. The van der Waals surface area contributed by atoms with Crippen LogP contribution in [0.1, 0.15) is 11.1 Å². The predicted molar refractivity (Wildman–Crippen MR) is 88.1 cm³/mol. The summed E-state index contributed by atoms with van der Waals surface area (Å²) in [7, 11) is -3.69. The number of amides is 1. The van der Waals surface area contributed by atoms with Crippen LogP contribution in [-0.2, 0) is 19.6 Å². The Morgan fingerprint density at radius 2 is 1.77 bits per heavy atom. The topological polar surface area (TPSA) is 66.9 Å². The Balaban J connectivity index is 1.95. The molecule has 146 valence electrons. The molecule has 1 fully saturated rings. The highest BCUT2D eigenvalue weighted by molar-refractivity contribution is 7.89. The fourth-order valence-corrected chi connectivity index (χ4v) is 4.38. The summed E-state index contributed by atoms with van der Waals surface area (Å²) >= 11 is 0. The monoisotopic (exact) mass is 394 g/mol. The lowest BCUT2D eigenvalue weighted by Crippen LogP contribution is -2.51. The number of hydrogen-bond acceptors (Lipinski definition) is 4. The van der Waals surface area contributed by atoms with E-state index >= 15 is 0 Å². The first-order valence-corrected chi connectivity index (χ1v) is 9.44. The molecule has 0 radical (unpaired) electrons. The Hall–Kier alpha value is -1.65. The van der Waals surface area contributed by atoms with E-state index in [2.05, 4.69) is 4.74 Å². The van der Waals surface area contributed by atoms with Gasteiger partial charge in [-0.2, -0.15) is 17.5 Å². The molecule has 0 bridgehead atoms. The molecule has 1 aromatic carbocycles. The molecule has 0 aromatic heterocycles. The molecule has 1 heterocycles. The number of sulfonamides is 1. The lowest BCUT2D eigenvalue weighted by molar-refractivity contribution is -0.178. The molecule has 1 aliphatic heterocycles. The van der Waals surface area contributed by atoms with Gasteiger partial charge in [-0.15, -0.1) is 0 Å². The number of benzene rings is 1. The van der Waals surface area contributed by atoms with Gasteiger partial charge in [0.1, 0.15) is 13.2 Å². The maximum Gasteiger partial charge on any atom is 0.411 e. The number of aryl methyl sites for hydroxylation is 2. The minimum Gasteiger partial charge on any atom is -0.362 e. The van der Waals surface area contributed by atoms with E-state index < -0.39 is 35.3 Å². The third kappa shape index (κ3) is 5.18. The first-order valence-electron chi connectivity index (χ1n) is 8.00. The molecule has 1 amide bonds. The van der Waals surface area contributed by atoms with Gasteiger partial charge >= 0.3 is 6.18 Å². The van der Waals surface area contributed by atoms with Crippen molar-refractivity contribution in [3.05, 3.63) is 29.3 Å². The van der Waals surface area contributed by atoms with E-state index in [0.717, 1.165) is 5.56 Å². The molecule has 0 aliphatic carbocycles. The lowest BCUT2D eigenvalue weighted by atomic mass is 10.2. The summed E-state index contributed by atoms with van der Waals surface area (Å²) in [5, 5.41) is 0. The van der Waals surface area contributed by atoms with Gasteiger partial charge in [-0.05, 0) is 31.0 Å². The number of nitrogens with zero attached hydrogens (tertiary/aromatic N) is 2. The smallest absolute Gasteiger partial charge is 0.362 e. The molecule has 2 rings (SSSR count). The highest BCUT2D eigenvalue weighted by Gasteiger charge is 2.32. The summed E-state index contributed by atoms with van der Waals surface area (Å²) in [5.74, 6) is -0.585. The molecule has 1 aromatic rings. The molecule has 0 saturated carbocycles. The minimum atomic E-state index is -4.49. The van der Waals surface area contributed by atoms with Crippen LogP contribution in [0.5, 0.6) is 0 Å². The second-order valence-electron chi connectivity index (χ2n) is 6.16. The molecule has 0 atom stereocenters. The predicted octanol–water partition coefficient (Wildman–Crippen LogP) is 1.72. The number of halogens is 3. The van der Waals surface area contributed by atoms with Gasteiger partial charge < -0.3 is 9.64 Å². The SMILES string of the molecule is Cc1ccc(C)c(S(=O)(=O)N2CCN(C(=O)COCC(F)(F)F)CC2)c1. The molecule has 0 N–H and O–H groups in total. The average Bonchev–Trinajstić information content (AvgIpc) is 2.56. The van der Waals surface area contributed by atoms with Crippen molar-refractivity contribution in [3.8, 4) is 0 Å². The fraction of sp³-hybridized carbons (Fsp3) is 0.562. The van der Waals surface area contributed by atoms with Gasteiger partial charge in [0.05, 0.1) is 4.90 Å². The normalized spacial score (nSPS) is 16.7. The average molecular weight is 394 g/mol. The van der Waals surface area contributed by atoms with E-state index in [1.54, 1.807) is 26.0 Å². The molecule has 1 saturated heterocycles. The lowest BCUT2D eigenvalue weighted by Gasteiger charge is -2.34. The molecule has 26 heavy (non-hydrogen) atoms. The molecule has 0 spiro atoms. The molecule has 0 unspecified atom stereocenters. The van der Waals surface area contributed by atoms with Crippen LogP contribution in [0.3, 0.4) is 0 Å². The Bertz CT molecular complexity index is 757. The Morgan fingerprint density at radius 3 is 2.35 bits per heavy atom. The highest BCUT2D eigenvalue weighted by Crippen LogP contribution is 2.22. The minimum absolute atomic E-state index is 0.0841. The second kappa shape index (κ2) is 7.93. The van der Waals surface area contributed by atoms with Crippen molar-refractivity contribution in [3.63, 3.8) is 0 Å². The van der Waals surface area contributed by atoms with E-state index in [0.29, 0.717) is 5.56 Å². The Labute approximate surface area is 150 Å². The maximum atomic E-state index is 12.8. The standard InChI is InChI=1S/C16H21F3N2O4S/c1-12-3-4-13(2)14(9-12)26(23,24)21-7-5-20(6-8-21)15(22)10-25-11-16(17,18)19/h3-4,9H,5-8,10-11H2,1-2H3. The van der Waals surface area contributed by atoms with Crippen LogP contribution >= 0.6 is 0 Å². The van der Waals surface area contributed by atoms with Crippen molar-refractivity contribution in [2.45, 2.75) is 24.9 Å². The highest BCUT2D eigenvalue weighted by atomic mass is 32.2. The van der Waals surface area contributed by atoms with Gasteiger partial charge in [-0.1, -0.05) is 12.1 Å². The van der Waals surface area contributed by atoms with Gasteiger partial charge in [0.25, 0.3) is 0 Å². The van der Waals surface area contributed by atoms with E-state index in [1.807, 2.05) is 6.07 Å². The quantitative estimate of drug-likeness (QED) is 0.763. The summed E-state index contributed by atoms with van der Waals surface area (Å²) in [6, 6.07) is 5.17. The summed E-state index contributed by atoms with van der Waals surface area (Å²) < 4.78 is 67.3. The van der Waals surface area contributed by atoms with Crippen LogP contribution in [-0.4, -0.2) is 69.1 Å². The van der Waals surface area contributed by atoms with Gasteiger partial charge in [0.15, 0.2) is 0 Å². The van der Waals surface area contributed by atoms with Crippen LogP contribution in [0.25, 0.3) is 0 Å². The molecular formula is C16H21F3N2O4S. The summed E-state index contributed by atoms with van der Waals surface area (Å²) in [5.41, 5.74) is 1.46. The maximum absolute atomic E-state index is 12.8. The van der Waals surface area contributed by atoms with Crippen LogP contribution in [0.4, 0.5) is 13.2 Å². The van der Waals surface area contributed by atoms with Crippen molar-refractivity contribution < 1.29 is 31.1 Å². The molecule has 1 aliphatic rings. The van der Waals surface area contributed by atoms with Crippen molar-refractivity contribution in [2.24, 2.45) is 0 Å². The van der Waals surface area contributed by atoms with Crippen molar-refractivity contribution >= 4 is 15.9 Å². The number of carbonyl (C=O) groups excluding carboxylic acids is 1. The van der Waals surface area contributed by atoms with Crippen molar-refractivity contribution in [2.75, 3.05) is 39.4 Å². The Kier molecular flexibility index (Phi) is 6.30.